The predicted molar refractivity (Wildman–Crippen MR) is 71.3 cm³/mol. The minimum atomic E-state index is -0.246. The van der Waals surface area contributed by atoms with E-state index in [0.29, 0.717) is 12.1 Å². The van der Waals surface area contributed by atoms with Crippen molar-refractivity contribution in [3.05, 3.63) is 47.7 Å². The molecule has 0 unspecified atom stereocenters. The van der Waals surface area contributed by atoms with E-state index >= 15 is 0 Å². The monoisotopic (exact) mass is 260 g/mol. The third-order valence-electron chi connectivity index (χ3n) is 2.77. The second-order valence-electron chi connectivity index (χ2n) is 4.13. The Bertz CT molecular complexity index is 539. The van der Waals surface area contributed by atoms with Gasteiger partial charge in [-0.05, 0) is 5.56 Å². The van der Waals surface area contributed by atoms with Crippen LogP contribution < -0.4 is 5.73 Å². The molecule has 1 aromatic heterocycles. The zero-order valence-electron chi connectivity index (χ0n) is 10.4. The molecular weight excluding hydrogens is 244 g/mol. The van der Waals surface area contributed by atoms with Gasteiger partial charge >= 0.3 is 0 Å². The summed E-state index contributed by atoms with van der Waals surface area (Å²) in [6.07, 6.45) is 1.40. The summed E-state index contributed by atoms with van der Waals surface area (Å²) in [4.78, 5) is 13.8. The van der Waals surface area contributed by atoms with E-state index in [1.54, 1.807) is 0 Å². The first kappa shape index (κ1) is 13.1. The van der Waals surface area contributed by atoms with Crippen molar-refractivity contribution >= 4 is 11.7 Å². The summed E-state index contributed by atoms with van der Waals surface area (Å²) in [5.74, 6) is -0.00912. The molecule has 0 aliphatic rings. The molecule has 1 amide bonds. The minimum Gasteiger partial charge on any atom is -0.395 e. The lowest BCUT2D eigenvalue weighted by molar-refractivity contribution is 0.0709. The van der Waals surface area contributed by atoms with Gasteiger partial charge in [0.15, 0.2) is 0 Å². The van der Waals surface area contributed by atoms with Crippen LogP contribution in [0.2, 0.25) is 0 Å². The van der Waals surface area contributed by atoms with Crippen molar-refractivity contribution in [2.24, 2.45) is 0 Å². The zero-order valence-corrected chi connectivity index (χ0v) is 10.4. The van der Waals surface area contributed by atoms with Gasteiger partial charge in [0.1, 0.15) is 11.4 Å². The van der Waals surface area contributed by atoms with Gasteiger partial charge in [-0.25, -0.2) is 0 Å². The number of aromatic nitrogens is 2. The standard InChI is InChI=1S/C13H16N4O2/c14-12-11(8-15-16-12)13(19)17(6-7-18)9-10-4-2-1-3-5-10/h1-5,8,18H,6-7,9H2,(H3,14,15,16). The maximum Gasteiger partial charge on any atom is 0.259 e. The Hall–Kier alpha value is -2.34. The first-order valence-corrected chi connectivity index (χ1v) is 5.95. The van der Waals surface area contributed by atoms with Gasteiger partial charge in [0.2, 0.25) is 0 Å². The molecule has 6 heteroatoms. The number of nitrogens with zero attached hydrogens (tertiary/aromatic N) is 2. The number of nitrogens with two attached hydrogens (primary N) is 1. The van der Waals surface area contributed by atoms with Gasteiger partial charge < -0.3 is 15.7 Å². The molecule has 0 bridgehead atoms. The first-order chi connectivity index (χ1) is 9.22. The predicted octanol–water partition coefficient (Wildman–Crippen LogP) is 0.627. The van der Waals surface area contributed by atoms with Gasteiger partial charge in [0.05, 0.1) is 12.8 Å². The number of hydrogen-bond donors (Lipinski definition) is 3. The fraction of sp³-hybridized carbons (Fsp3) is 0.231. The average Bonchev–Trinajstić information content (AvgIpc) is 2.85. The molecule has 2 rings (SSSR count). The summed E-state index contributed by atoms with van der Waals surface area (Å²) in [6, 6.07) is 9.58. The summed E-state index contributed by atoms with van der Waals surface area (Å²) in [6.45, 7) is 0.569. The van der Waals surface area contributed by atoms with Crippen LogP contribution in [0.1, 0.15) is 15.9 Å². The Labute approximate surface area is 110 Å². The summed E-state index contributed by atoms with van der Waals surface area (Å²) < 4.78 is 0. The molecule has 0 spiro atoms. The number of benzene rings is 1. The minimum absolute atomic E-state index is 0.101. The summed E-state index contributed by atoms with van der Waals surface area (Å²) in [5, 5.41) is 15.3. The van der Waals surface area contributed by atoms with Crippen molar-refractivity contribution in [1.29, 1.82) is 0 Å². The Morgan fingerprint density at radius 2 is 2.11 bits per heavy atom. The molecule has 0 atom stereocenters. The van der Waals surface area contributed by atoms with E-state index in [2.05, 4.69) is 10.2 Å². The first-order valence-electron chi connectivity index (χ1n) is 5.95. The highest BCUT2D eigenvalue weighted by molar-refractivity contribution is 5.98. The van der Waals surface area contributed by atoms with Crippen LogP contribution in [0.25, 0.3) is 0 Å². The lowest BCUT2D eigenvalue weighted by Gasteiger charge is -2.21. The lowest BCUT2D eigenvalue weighted by Crippen LogP contribution is -2.33. The van der Waals surface area contributed by atoms with Gasteiger partial charge in [-0.1, -0.05) is 30.3 Å². The Kier molecular flexibility index (Phi) is 4.15. The Balaban J connectivity index is 2.16. The third kappa shape index (κ3) is 3.11. The number of aliphatic hydroxyl groups is 1. The number of carbonyl (C=O) groups is 1. The molecule has 19 heavy (non-hydrogen) atoms. The molecule has 2 aromatic rings. The molecule has 0 saturated heterocycles. The van der Waals surface area contributed by atoms with Crippen molar-refractivity contribution in [3.63, 3.8) is 0 Å². The van der Waals surface area contributed by atoms with Crippen molar-refractivity contribution in [2.45, 2.75) is 6.54 Å². The smallest absolute Gasteiger partial charge is 0.259 e. The second-order valence-corrected chi connectivity index (χ2v) is 4.13. The number of hydrogen-bond acceptors (Lipinski definition) is 4. The highest BCUT2D eigenvalue weighted by atomic mass is 16.3. The van der Waals surface area contributed by atoms with Gasteiger partial charge in [-0.3, -0.25) is 9.89 Å². The van der Waals surface area contributed by atoms with E-state index in [9.17, 15) is 4.79 Å². The van der Waals surface area contributed by atoms with Gasteiger partial charge in [-0.15, -0.1) is 0 Å². The van der Waals surface area contributed by atoms with Gasteiger partial charge in [0, 0.05) is 13.1 Å². The molecule has 4 N–H and O–H groups in total. The number of H-pyrrole nitrogens is 1. The van der Waals surface area contributed by atoms with Crippen LogP contribution in [0.5, 0.6) is 0 Å². The van der Waals surface area contributed by atoms with Crippen LogP contribution in [-0.2, 0) is 6.54 Å². The molecule has 0 radical (unpaired) electrons. The summed E-state index contributed by atoms with van der Waals surface area (Å²) in [7, 11) is 0. The number of anilines is 1. The topological polar surface area (TPSA) is 95.2 Å². The van der Waals surface area contributed by atoms with Crippen molar-refractivity contribution in [1.82, 2.24) is 15.1 Å². The molecule has 0 fully saturated rings. The number of rotatable bonds is 5. The molecular formula is C13H16N4O2. The van der Waals surface area contributed by atoms with E-state index < -0.39 is 0 Å². The van der Waals surface area contributed by atoms with E-state index in [1.165, 1.54) is 11.1 Å². The van der Waals surface area contributed by atoms with E-state index in [1.807, 2.05) is 30.3 Å². The number of amides is 1. The third-order valence-corrected chi connectivity index (χ3v) is 2.77. The summed E-state index contributed by atoms with van der Waals surface area (Å²) in [5.41, 5.74) is 6.96. The maximum absolute atomic E-state index is 12.3. The molecule has 6 nitrogen and oxygen atoms in total. The average molecular weight is 260 g/mol. The van der Waals surface area contributed by atoms with Crippen molar-refractivity contribution < 1.29 is 9.90 Å². The van der Waals surface area contributed by atoms with Gasteiger partial charge in [0.25, 0.3) is 5.91 Å². The van der Waals surface area contributed by atoms with E-state index in [-0.39, 0.29) is 24.9 Å². The number of aromatic amines is 1. The Morgan fingerprint density at radius 3 is 2.68 bits per heavy atom. The van der Waals surface area contributed by atoms with Gasteiger partial charge in [-0.2, -0.15) is 5.10 Å². The molecule has 0 aliphatic carbocycles. The highest BCUT2D eigenvalue weighted by Crippen LogP contribution is 2.13. The number of nitrogen functional groups attached to an aromatic ring is 1. The number of carbonyl (C=O) groups excluding carboxylic acids is 1. The van der Waals surface area contributed by atoms with Crippen LogP contribution in [0.15, 0.2) is 36.5 Å². The lowest BCUT2D eigenvalue weighted by atomic mass is 10.2. The molecule has 1 heterocycles. The van der Waals surface area contributed by atoms with Crippen LogP contribution in [0, 0.1) is 0 Å². The van der Waals surface area contributed by atoms with E-state index in [0.717, 1.165) is 5.56 Å². The highest BCUT2D eigenvalue weighted by Gasteiger charge is 2.19. The molecule has 0 aliphatic heterocycles. The molecule has 1 aromatic carbocycles. The van der Waals surface area contributed by atoms with Crippen LogP contribution in [0.3, 0.4) is 0 Å². The number of nitrogens with one attached hydrogen (secondary N) is 1. The Morgan fingerprint density at radius 1 is 1.37 bits per heavy atom. The van der Waals surface area contributed by atoms with Crippen LogP contribution in [-0.4, -0.2) is 39.3 Å². The maximum atomic E-state index is 12.3. The molecule has 100 valence electrons. The van der Waals surface area contributed by atoms with Crippen LogP contribution in [0.4, 0.5) is 5.82 Å². The quantitative estimate of drug-likeness (QED) is 0.734. The molecule has 0 saturated carbocycles. The SMILES string of the molecule is Nc1[nH]ncc1C(=O)N(CCO)Cc1ccccc1. The number of aliphatic hydroxyl groups excluding tert-OH is 1. The second kappa shape index (κ2) is 6.01. The zero-order chi connectivity index (χ0) is 13.7. The largest absolute Gasteiger partial charge is 0.395 e. The van der Waals surface area contributed by atoms with Crippen molar-refractivity contribution in [2.75, 3.05) is 18.9 Å². The van der Waals surface area contributed by atoms with Crippen molar-refractivity contribution in [3.8, 4) is 0 Å². The van der Waals surface area contributed by atoms with Crippen LogP contribution >= 0.6 is 0 Å². The van der Waals surface area contributed by atoms with E-state index in [4.69, 9.17) is 10.8 Å². The summed E-state index contributed by atoms with van der Waals surface area (Å²) >= 11 is 0. The fourth-order valence-corrected chi connectivity index (χ4v) is 1.81. The fourth-order valence-electron chi connectivity index (χ4n) is 1.81. The normalized spacial score (nSPS) is 10.4.